The quantitative estimate of drug-likeness (QED) is 0.803. The molecule has 0 aliphatic carbocycles. The Kier molecular flexibility index (Phi) is 3.78. The van der Waals surface area contributed by atoms with Gasteiger partial charge in [-0.25, -0.2) is 9.97 Å². The summed E-state index contributed by atoms with van der Waals surface area (Å²) < 4.78 is 0. The van der Waals surface area contributed by atoms with E-state index in [1.54, 1.807) is 13.2 Å². The number of nitrogens with zero attached hydrogens (tertiary/aromatic N) is 3. The van der Waals surface area contributed by atoms with Crippen molar-refractivity contribution in [1.29, 1.82) is 0 Å². The van der Waals surface area contributed by atoms with E-state index < -0.39 is 0 Å². The van der Waals surface area contributed by atoms with E-state index in [1.165, 1.54) is 0 Å². The maximum absolute atomic E-state index is 11.6. The van der Waals surface area contributed by atoms with Crippen LogP contribution in [0.3, 0.4) is 0 Å². The van der Waals surface area contributed by atoms with Crippen LogP contribution in [0.4, 0.5) is 5.82 Å². The summed E-state index contributed by atoms with van der Waals surface area (Å²) in [5.74, 6) is 0.913. The molecule has 0 saturated carbocycles. The maximum atomic E-state index is 11.6. The number of hydrogen-bond acceptors (Lipinski definition) is 4. The minimum atomic E-state index is 0.0301. The third-order valence-corrected chi connectivity index (χ3v) is 3.16. The van der Waals surface area contributed by atoms with Crippen molar-refractivity contribution < 1.29 is 4.79 Å². The normalized spacial score (nSPS) is 20.1. The van der Waals surface area contributed by atoms with Gasteiger partial charge in [0, 0.05) is 26.3 Å². The summed E-state index contributed by atoms with van der Waals surface area (Å²) in [6, 6.07) is 1.82. The number of aromatic nitrogens is 2. The van der Waals surface area contributed by atoms with Crippen LogP contribution in [-0.2, 0) is 4.79 Å². The largest absolute Gasteiger partial charge is 0.359 e. The number of carbonyl (C=O) groups is 1. The Morgan fingerprint density at radius 3 is 3.18 bits per heavy atom. The molecule has 2 heterocycles. The Labute approximate surface area is 105 Å². The summed E-state index contributed by atoms with van der Waals surface area (Å²) in [5, 5.41) is 2.93. The molecule has 0 aromatic carbocycles. The van der Waals surface area contributed by atoms with Gasteiger partial charge >= 0.3 is 0 Å². The highest BCUT2D eigenvalue weighted by molar-refractivity contribution is 6.28. The predicted octanol–water partition coefficient (Wildman–Crippen LogP) is 1.09. The van der Waals surface area contributed by atoms with Gasteiger partial charge < -0.3 is 10.2 Å². The lowest BCUT2D eigenvalue weighted by molar-refractivity contribution is -0.124. The third kappa shape index (κ3) is 2.85. The first-order valence-corrected chi connectivity index (χ1v) is 6.03. The number of nitrogens with one attached hydrogen (secondary N) is 1. The van der Waals surface area contributed by atoms with Crippen molar-refractivity contribution in [2.24, 2.45) is 5.92 Å². The molecule has 17 heavy (non-hydrogen) atoms. The Bertz CT molecular complexity index is 412. The minimum Gasteiger partial charge on any atom is -0.359 e. The molecule has 1 unspecified atom stereocenters. The molecular formula is C11H15ClN4O. The fourth-order valence-corrected chi connectivity index (χ4v) is 2.25. The van der Waals surface area contributed by atoms with Gasteiger partial charge in [-0.05, 0) is 30.5 Å². The molecule has 6 heteroatoms. The van der Waals surface area contributed by atoms with Crippen molar-refractivity contribution in [2.75, 3.05) is 25.0 Å². The number of hydrogen-bond donors (Lipinski definition) is 1. The first-order chi connectivity index (χ1) is 8.20. The van der Waals surface area contributed by atoms with Crippen LogP contribution in [0.1, 0.15) is 12.8 Å². The van der Waals surface area contributed by atoms with Crippen LogP contribution in [0.15, 0.2) is 12.3 Å². The molecule has 92 valence electrons. The number of piperidine rings is 1. The average molecular weight is 255 g/mol. The van der Waals surface area contributed by atoms with Crippen LogP contribution in [0.5, 0.6) is 0 Å². The molecule has 1 atom stereocenters. The molecule has 0 spiro atoms. The van der Waals surface area contributed by atoms with E-state index in [0.717, 1.165) is 25.2 Å². The van der Waals surface area contributed by atoms with Crippen molar-refractivity contribution in [3.05, 3.63) is 17.5 Å². The molecular weight excluding hydrogens is 240 g/mol. The van der Waals surface area contributed by atoms with Gasteiger partial charge in [-0.1, -0.05) is 0 Å². The van der Waals surface area contributed by atoms with Crippen molar-refractivity contribution >= 4 is 23.3 Å². The monoisotopic (exact) mass is 254 g/mol. The average Bonchev–Trinajstić information content (AvgIpc) is 2.38. The summed E-state index contributed by atoms with van der Waals surface area (Å²) in [6.45, 7) is 1.59. The number of carbonyl (C=O) groups excluding carboxylic acids is 1. The van der Waals surface area contributed by atoms with E-state index in [1.807, 2.05) is 6.07 Å². The summed E-state index contributed by atoms with van der Waals surface area (Å²) >= 11 is 5.76. The van der Waals surface area contributed by atoms with E-state index >= 15 is 0 Å². The molecule has 1 aliphatic heterocycles. The lowest BCUT2D eigenvalue weighted by atomic mass is 9.97. The summed E-state index contributed by atoms with van der Waals surface area (Å²) in [5.41, 5.74) is 0. The van der Waals surface area contributed by atoms with Gasteiger partial charge in [0.15, 0.2) is 0 Å². The van der Waals surface area contributed by atoms with Crippen LogP contribution in [0.25, 0.3) is 0 Å². The van der Waals surface area contributed by atoms with Crippen LogP contribution in [0.2, 0.25) is 5.28 Å². The second-order valence-corrected chi connectivity index (χ2v) is 4.42. The smallest absolute Gasteiger partial charge is 0.224 e. The number of anilines is 1. The van der Waals surface area contributed by atoms with Gasteiger partial charge in [0.25, 0.3) is 0 Å². The SMILES string of the molecule is CNC(=O)C1CCCN(c2ccnc(Cl)n2)C1. The van der Waals surface area contributed by atoms with Gasteiger partial charge in [-0.2, -0.15) is 0 Å². The van der Waals surface area contributed by atoms with E-state index in [0.29, 0.717) is 6.54 Å². The minimum absolute atomic E-state index is 0.0301. The third-order valence-electron chi connectivity index (χ3n) is 2.97. The zero-order chi connectivity index (χ0) is 12.3. The van der Waals surface area contributed by atoms with E-state index in [-0.39, 0.29) is 17.1 Å². The fraction of sp³-hybridized carbons (Fsp3) is 0.545. The van der Waals surface area contributed by atoms with Gasteiger partial charge in [0.05, 0.1) is 5.92 Å². The van der Waals surface area contributed by atoms with Crippen molar-refractivity contribution in [2.45, 2.75) is 12.8 Å². The highest BCUT2D eigenvalue weighted by atomic mass is 35.5. The van der Waals surface area contributed by atoms with E-state index in [4.69, 9.17) is 11.6 Å². The summed E-state index contributed by atoms with van der Waals surface area (Å²) in [6.07, 6.45) is 3.54. The lowest BCUT2D eigenvalue weighted by Crippen LogP contribution is -2.42. The number of rotatable bonds is 2. The molecule has 1 aliphatic rings. The van der Waals surface area contributed by atoms with E-state index in [2.05, 4.69) is 20.2 Å². The summed E-state index contributed by atoms with van der Waals surface area (Å²) in [7, 11) is 1.67. The van der Waals surface area contributed by atoms with Gasteiger partial charge in [-0.3, -0.25) is 4.79 Å². The summed E-state index contributed by atoms with van der Waals surface area (Å²) in [4.78, 5) is 21.7. The Morgan fingerprint density at radius 2 is 2.47 bits per heavy atom. The van der Waals surface area contributed by atoms with Gasteiger partial charge in [0.1, 0.15) is 5.82 Å². The fourth-order valence-electron chi connectivity index (χ4n) is 2.11. The Hall–Kier alpha value is -1.36. The topological polar surface area (TPSA) is 58.1 Å². The highest BCUT2D eigenvalue weighted by Crippen LogP contribution is 2.22. The second kappa shape index (κ2) is 5.31. The van der Waals surface area contributed by atoms with Crippen LogP contribution >= 0.6 is 11.6 Å². The molecule has 5 nitrogen and oxygen atoms in total. The first kappa shape index (κ1) is 12.1. The van der Waals surface area contributed by atoms with E-state index in [9.17, 15) is 4.79 Å². The number of halogens is 1. The Balaban J connectivity index is 2.09. The molecule has 2 rings (SSSR count). The van der Waals surface area contributed by atoms with Gasteiger partial charge in [0.2, 0.25) is 11.2 Å². The predicted molar refractivity (Wildman–Crippen MR) is 66.0 cm³/mol. The van der Waals surface area contributed by atoms with Crippen LogP contribution < -0.4 is 10.2 Å². The van der Waals surface area contributed by atoms with Gasteiger partial charge in [-0.15, -0.1) is 0 Å². The Morgan fingerprint density at radius 1 is 1.65 bits per heavy atom. The van der Waals surface area contributed by atoms with Crippen LogP contribution in [-0.4, -0.2) is 36.0 Å². The number of amides is 1. The lowest BCUT2D eigenvalue weighted by Gasteiger charge is -2.32. The molecule has 0 bridgehead atoms. The van der Waals surface area contributed by atoms with Crippen LogP contribution in [0, 0.1) is 5.92 Å². The first-order valence-electron chi connectivity index (χ1n) is 5.66. The molecule has 1 saturated heterocycles. The highest BCUT2D eigenvalue weighted by Gasteiger charge is 2.25. The molecule has 1 amide bonds. The zero-order valence-electron chi connectivity index (χ0n) is 9.69. The molecule has 1 N–H and O–H groups in total. The second-order valence-electron chi connectivity index (χ2n) is 4.08. The molecule has 0 radical (unpaired) electrons. The maximum Gasteiger partial charge on any atom is 0.224 e. The molecule has 1 fully saturated rings. The standard InChI is InChI=1S/C11H15ClN4O/c1-13-10(17)8-3-2-6-16(7-8)9-4-5-14-11(12)15-9/h4-5,8H,2-3,6-7H2,1H3,(H,13,17). The van der Waals surface area contributed by atoms with Crippen molar-refractivity contribution in [3.8, 4) is 0 Å². The van der Waals surface area contributed by atoms with Crippen molar-refractivity contribution in [3.63, 3.8) is 0 Å². The molecule has 1 aromatic rings. The molecule has 1 aromatic heterocycles. The van der Waals surface area contributed by atoms with Crippen molar-refractivity contribution in [1.82, 2.24) is 15.3 Å². The zero-order valence-corrected chi connectivity index (χ0v) is 10.4.